The van der Waals surface area contributed by atoms with Gasteiger partial charge in [0.1, 0.15) is 11.4 Å². The lowest BCUT2D eigenvalue weighted by Crippen LogP contribution is -2.17. The lowest BCUT2D eigenvalue weighted by atomic mass is 9.88. The van der Waals surface area contributed by atoms with Crippen LogP contribution in [0.5, 0.6) is 0 Å². The van der Waals surface area contributed by atoms with Crippen molar-refractivity contribution in [2.45, 2.75) is 90.1 Å². The SMILES string of the molecule is C=C1CC(CCCC(CCC)C(=O)C2=CCCC=N2)CC1c1ccc2c(ccn2-c2cccc(C(C)(C)F)c2)c1. The Labute approximate surface area is 238 Å². The molecule has 1 aliphatic heterocycles. The number of aliphatic imine (C=N–C) groups is 1. The second-order valence-corrected chi connectivity index (χ2v) is 12.3. The van der Waals surface area contributed by atoms with E-state index in [4.69, 9.17) is 0 Å². The summed E-state index contributed by atoms with van der Waals surface area (Å²) in [5.41, 5.74) is 4.75. The second-order valence-electron chi connectivity index (χ2n) is 12.3. The average Bonchev–Trinajstić information content (AvgIpc) is 3.55. The Hall–Kier alpha value is -3.27. The van der Waals surface area contributed by atoms with Gasteiger partial charge < -0.3 is 4.57 Å². The molecule has 40 heavy (non-hydrogen) atoms. The number of aromatic nitrogens is 1. The number of carbonyl (C=O) groups is 1. The van der Waals surface area contributed by atoms with E-state index in [1.807, 2.05) is 36.6 Å². The van der Waals surface area contributed by atoms with E-state index in [0.29, 0.717) is 23.1 Å². The van der Waals surface area contributed by atoms with Crippen LogP contribution >= 0.6 is 0 Å². The maximum Gasteiger partial charge on any atom is 0.183 e. The number of ketones is 1. The van der Waals surface area contributed by atoms with Gasteiger partial charge in [-0.3, -0.25) is 9.79 Å². The highest BCUT2D eigenvalue weighted by atomic mass is 19.1. The second kappa shape index (κ2) is 12.1. The summed E-state index contributed by atoms with van der Waals surface area (Å²) in [5.74, 6) is 1.33. The highest BCUT2D eigenvalue weighted by Crippen LogP contribution is 2.44. The molecule has 0 N–H and O–H groups in total. The van der Waals surface area contributed by atoms with Gasteiger partial charge in [-0.2, -0.15) is 0 Å². The molecule has 1 aliphatic carbocycles. The molecule has 0 saturated heterocycles. The summed E-state index contributed by atoms with van der Waals surface area (Å²) < 4.78 is 16.7. The van der Waals surface area contributed by atoms with Crippen molar-refractivity contribution in [3.8, 4) is 5.69 Å². The molecule has 3 nitrogen and oxygen atoms in total. The van der Waals surface area contributed by atoms with Crippen LogP contribution in [-0.2, 0) is 10.5 Å². The Morgan fingerprint density at radius 1 is 1.15 bits per heavy atom. The number of rotatable bonds is 11. The van der Waals surface area contributed by atoms with Crippen molar-refractivity contribution >= 4 is 22.9 Å². The zero-order chi connectivity index (χ0) is 28.3. The molecule has 210 valence electrons. The van der Waals surface area contributed by atoms with E-state index in [-0.39, 0.29) is 11.7 Å². The van der Waals surface area contributed by atoms with Gasteiger partial charge in [0, 0.05) is 35.3 Å². The smallest absolute Gasteiger partial charge is 0.183 e. The average molecular weight is 539 g/mol. The van der Waals surface area contributed by atoms with Crippen molar-refractivity contribution in [1.29, 1.82) is 0 Å². The summed E-state index contributed by atoms with van der Waals surface area (Å²) in [4.78, 5) is 17.4. The highest BCUT2D eigenvalue weighted by molar-refractivity contribution is 5.98. The Morgan fingerprint density at radius 3 is 2.75 bits per heavy atom. The maximum absolute atomic E-state index is 14.6. The summed E-state index contributed by atoms with van der Waals surface area (Å²) in [6.45, 7) is 9.83. The molecule has 2 heterocycles. The van der Waals surface area contributed by atoms with Crippen molar-refractivity contribution in [2.75, 3.05) is 0 Å². The Morgan fingerprint density at radius 2 is 2.00 bits per heavy atom. The van der Waals surface area contributed by atoms with Gasteiger partial charge in [-0.15, -0.1) is 0 Å². The summed E-state index contributed by atoms with van der Waals surface area (Å²) >= 11 is 0. The number of nitrogens with zero attached hydrogens (tertiary/aromatic N) is 2. The topological polar surface area (TPSA) is 34.4 Å². The zero-order valence-corrected chi connectivity index (χ0v) is 24.3. The van der Waals surface area contributed by atoms with E-state index < -0.39 is 5.67 Å². The van der Waals surface area contributed by atoms with Crippen molar-refractivity contribution in [3.05, 3.63) is 89.8 Å². The number of benzene rings is 2. The van der Waals surface area contributed by atoms with Crippen LogP contribution < -0.4 is 0 Å². The van der Waals surface area contributed by atoms with E-state index in [0.717, 1.165) is 69.0 Å². The van der Waals surface area contributed by atoms with Gasteiger partial charge in [0.25, 0.3) is 0 Å². The molecule has 0 radical (unpaired) electrons. The van der Waals surface area contributed by atoms with E-state index in [2.05, 4.69) is 53.5 Å². The van der Waals surface area contributed by atoms with Crippen molar-refractivity contribution in [2.24, 2.45) is 16.8 Å². The van der Waals surface area contributed by atoms with Gasteiger partial charge >= 0.3 is 0 Å². The molecule has 3 unspecified atom stereocenters. The third-order valence-electron chi connectivity index (χ3n) is 8.83. The summed E-state index contributed by atoms with van der Waals surface area (Å²) in [5, 5.41) is 1.19. The Kier molecular flexibility index (Phi) is 8.54. The molecule has 4 heteroatoms. The first-order chi connectivity index (χ1) is 19.2. The van der Waals surface area contributed by atoms with Crippen molar-refractivity contribution in [1.82, 2.24) is 4.57 Å². The largest absolute Gasteiger partial charge is 0.317 e. The van der Waals surface area contributed by atoms with E-state index in [1.54, 1.807) is 13.8 Å². The highest BCUT2D eigenvalue weighted by Gasteiger charge is 2.30. The summed E-state index contributed by atoms with van der Waals surface area (Å²) in [6.07, 6.45) is 15.2. The molecule has 3 atom stereocenters. The van der Waals surface area contributed by atoms with Crippen LogP contribution in [0.3, 0.4) is 0 Å². The van der Waals surface area contributed by atoms with Crippen LogP contribution in [0.4, 0.5) is 4.39 Å². The molecule has 5 rings (SSSR count). The third-order valence-corrected chi connectivity index (χ3v) is 8.83. The molecule has 2 aliphatic rings. The number of carbonyl (C=O) groups excluding carboxylic acids is 1. The predicted octanol–water partition coefficient (Wildman–Crippen LogP) is 9.79. The minimum Gasteiger partial charge on any atom is -0.317 e. The normalized spacial score (nSPS) is 20.2. The molecule has 2 aromatic carbocycles. The predicted molar refractivity (Wildman–Crippen MR) is 165 cm³/mol. The van der Waals surface area contributed by atoms with Gasteiger partial charge in [0.05, 0.1) is 5.52 Å². The molecular formula is C36H43FN2O. The molecule has 1 fully saturated rings. The molecular weight excluding hydrogens is 495 g/mol. The maximum atomic E-state index is 14.6. The first kappa shape index (κ1) is 28.3. The minimum absolute atomic E-state index is 0.0926. The van der Waals surface area contributed by atoms with Crippen molar-refractivity contribution < 1.29 is 9.18 Å². The number of Topliss-reactive ketones (excluding diaryl/α,β-unsaturated/α-hetero) is 1. The van der Waals surface area contributed by atoms with Crippen LogP contribution in [-0.4, -0.2) is 16.6 Å². The summed E-state index contributed by atoms with van der Waals surface area (Å²) in [6, 6.07) is 16.6. The van der Waals surface area contributed by atoms with Gasteiger partial charge in [0.2, 0.25) is 0 Å². The lowest BCUT2D eigenvalue weighted by Gasteiger charge is -2.18. The fourth-order valence-corrected chi connectivity index (χ4v) is 6.61. The van der Waals surface area contributed by atoms with E-state index >= 15 is 0 Å². The molecule has 0 bridgehead atoms. The van der Waals surface area contributed by atoms with Crippen LogP contribution in [0.1, 0.15) is 95.6 Å². The number of alkyl halides is 1. The standard InChI is InChI=1S/C36H43FN2O/c1-5-10-27(35(40)33-15-6-7-19-38-33)12-8-11-26-21-25(2)32(22-26)28-16-17-34-29(23-28)18-20-39(34)31-14-9-13-30(24-31)36(3,4)37/h9,13-20,23-24,26-27,32H,2,5-8,10-12,21-22H2,1,3-4H3. The number of hydrogen-bond donors (Lipinski definition) is 0. The first-order valence-corrected chi connectivity index (χ1v) is 15.1. The van der Waals surface area contributed by atoms with Crippen LogP contribution in [0.25, 0.3) is 16.6 Å². The van der Waals surface area contributed by atoms with Crippen molar-refractivity contribution in [3.63, 3.8) is 0 Å². The molecule has 0 amide bonds. The third kappa shape index (κ3) is 6.22. The fourth-order valence-electron chi connectivity index (χ4n) is 6.61. The van der Waals surface area contributed by atoms with Gasteiger partial charge in [-0.05, 0) is 99.7 Å². The van der Waals surface area contributed by atoms with Crippen LogP contribution in [0, 0.1) is 11.8 Å². The minimum atomic E-state index is -1.38. The number of hydrogen-bond acceptors (Lipinski definition) is 2. The number of allylic oxidation sites excluding steroid dienone is 3. The molecule has 3 aromatic rings. The number of fused-ring (bicyclic) bond motifs is 1. The first-order valence-electron chi connectivity index (χ1n) is 15.1. The Bertz CT molecular complexity index is 1440. The van der Waals surface area contributed by atoms with E-state index in [1.165, 1.54) is 16.5 Å². The van der Waals surface area contributed by atoms with Gasteiger partial charge in [0.15, 0.2) is 5.78 Å². The van der Waals surface area contributed by atoms with Crippen LogP contribution in [0.15, 0.2) is 83.6 Å². The number of halogens is 1. The van der Waals surface area contributed by atoms with Gasteiger partial charge in [-0.25, -0.2) is 4.39 Å². The lowest BCUT2D eigenvalue weighted by molar-refractivity contribution is -0.119. The molecule has 1 aromatic heterocycles. The van der Waals surface area contributed by atoms with E-state index in [9.17, 15) is 9.18 Å². The quantitative estimate of drug-likeness (QED) is 0.224. The Balaban J connectivity index is 1.23. The molecule has 1 saturated carbocycles. The zero-order valence-electron chi connectivity index (χ0n) is 24.3. The fraction of sp³-hybridized carbons (Fsp3) is 0.444. The van der Waals surface area contributed by atoms with Crippen LogP contribution in [0.2, 0.25) is 0 Å². The summed E-state index contributed by atoms with van der Waals surface area (Å²) in [7, 11) is 0. The van der Waals surface area contributed by atoms with Gasteiger partial charge in [-0.1, -0.05) is 62.6 Å². The monoisotopic (exact) mass is 538 g/mol. The molecule has 0 spiro atoms.